The molecular formula is C9H13N3S. The fraction of sp³-hybridized carbons (Fsp3) is 0.333. The molecule has 0 aliphatic heterocycles. The van der Waals surface area contributed by atoms with Gasteiger partial charge in [0.05, 0.1) is 0 Å². The highest BCUT2D eigenvalue weighted by Gasteiger charge is 1.99. The van der Waals surface area contributed by atoms with E-state index in [0.717, 1.165) is 13.0 Å². The summed E-state index contributed by atoms with van der Waals surface area (Å²) < 4.78 is 0. The summed E-state index contributed by atoms with van der Waals surface area (Å²) in [5.41, 5.74) is 6.64. The molecule has 0 radical (unpaired) electrons. The molecule has 0 unspecified atom stereocenters. The van der Waals surface area contributed by atoms with Gasteiger partial charge in [0, 0.05) is 26.0 Å². The monoisotopic (exact) mass is 195 g/mol. The van der Waals surface area contributed by atoms with Gasteiger partial charge in [-0.15, -0.1) is 0 Å². The zero-order valence-electron chi connectivity index (χ0n) is 7.60. The number of hydrogen-bond acceptors (Lipinski definition) is 2. The summed E-state index contributed by atoms with van der Waals surface area (Å²) in [7, 11) is 1.89. The second kappa shape index (κ2) is 4.77. The van der Waals surface area contributed by atoms with E-state index in [1.165, 1.54) is 5.56 Å². The molecule has 1 rings (SSSR count). The van der Waals surface area contributed by atoms with Crippen LogP contribution in [-0.2, 0) is 6.42 Å². The molecule has 13 heavy (non-hydrogen) atoms. The van der Waals surface area contributed by atoms with E-state index in [9.17, 15) is 0 Å². The maximum Gasteiger partial charge on any atom is 0.166 e. The van der Waals surface area contributed by atoms with Gasteiger partial charge in [0.15, 0.2) is 5.11 Å². The van der Waals surface area contributed by atoms with E-state index in [2.05, 4.69) is 4.98 Å². The van der Waals surface area contributed by atoms with Crippen LogP contribution < -0.4 is 5.73 Å². The van der Waals surface area contributed by atoms with Gasteiger partial charge in [0.2, 0.25) is 0 Å². The number of pyridine rings is 1. The number of thiocarbonyl (C=S) groups is 1. The average molecular weight is 195 g/mol. The van der Waals surface area contributed by atoms with E-state index in [4.69, 9.17) is 18.0 Å². The van der Waals surface area contributed by atoms with Crippen LogP contribution in [0.15, 0.2) is 24.5 Å². The number of likely N-dealkylation sites (N-methyl/N-ethyl adjacent to an activating group) is 1. The van der Waals surface area contributed by atoms with E-state index < -0.39 is 0 Å². The molecule has 0 saturated carbocycles. The predicted molar refractivity (Wildman–Crippen MR) is 57.4 cm³/mol. The van der Waals surface area contributed by atoms with Crippen molar-refractivity contribution in [3.05, 3.63) is 30.1 Å². The first kappa shape index (κ1) is 9.92. The third-order valence-corrected chi connectivity index (χ3v) is 2.15. The molecule has 0 saturated heterocycles. The smallest absolute Gasteiger partial charge is 0.166 e. The van der Waals surface area contributed by atoms with Crippen LogP contribution in [0.5, 0.6) is 0 Å². The third-order valence-electron chi connectivity index (χ3n) is 1.83. The van der Waals surface area contributed by atoms with Crippen molar-refractivity contribution < 1.29 is 0 Å². The molecule has 0 amide bonds. The lowest BCUT2D eigenvalue weighted by atomic mass is 10.2. The predicted octanol–water partition coefficient (Wildman–Crippen LogP) is 0.800. The number of hydrogen-bond donors (Lipinski definition) is 1. The van der Waals surface area contributed by atoms with Crippen molar-refractivity contribution in [3.63, 3.8) is 0 Å². The molecule has 2 N–H and O–H groups in total. The summed E-state index contributed by atoms with van der Waals surface area (Å²) in [4.78, 5) is 5.87. The molecule has 0 spiro atoms. The first-order valence-corrected chi connectivity index (χ1v) is 4.50. The highest BCUT2D eigenvalue weighted by atomic mass is 32.1. The van der Waals surface area contributed by atoms with Gasteiger partial charge < -0.3 is 10.6 Å². The highest BCUT2D eigenvalue weighted by molar-refractivity contribution is 7.80. The quantitative estimate of drug-likeness (QED) is 0.724. The van der Waals surface area contributed by atoms with Gasteiger partial charge >= 0.3 is 0 Å². The van der Waals surface area contributed by atoms with Crippen molar-refractivity contribution in [2.24, 2.45) is 5.73 Å². The van der Waals surface area contributed by atoms with Crippen LogP contribution >= 0.6 is 12.2 Å². The molecule has 1 heterocycles. The normalized spacial score (nSPS) is 9.62. The van der Waals surface area contributed by atoms with E-state index in [-0.39, 0.29) is 0 Å². The Hall–Kier alpha value is -1.16. The molecule has 70 valence electrons. The molecule has 1 aromatic heterocycles. The van der Waals surface area contributed by atoms with Gasteiger partial charge in [-0.05, 0) is 30.3 Å². The zero-order chi connectivity index (χ0) is 9.68. The topological polar surface area (TPSA) is 42.2 Å². The third kappa shape index (κ3) is 3.38. The Morgan fingerprint density at radius 1 is 1.69 bits per heavy atom. The molecule has 0 atom stereocenters. The number of nitrogens with two attached hydrogens (primary N) is 1. The van der Waals surface area contributed by atoms with Gasteiger partial charge in [-0.25, -0.2) is 0 Å². The lowest BCUT2D eigenvalue weighted by Crippen LogP contribution is -2.33. The van der Waals surface area contributed by atoms with E-state index in [0.29, 0.717) is 5.11 Å². The zero-order valence-corrected chi connectivity index (χ0v) is 8.42. The van der Waals surface area contributed by atoms with Gasteiger partial charge in [-0.2, -0.15) is 0 Å². The average Bonchev–Trinajstić information content (AvgIpc) is 2.15. The summed E-state index contributed by atoms with van der Waals surface area (Å²) in [5, 5.41) is 0.434. The van der Waals surface area contributed by atoms with Crippen LogP contribution in [0.25, 0.3) is 0 Å². The minimum Gasteiger partial charge on any atom is -0.376 e. The maximum absolute atomic E-state index is 5.44. The Balaban J connectivity index is 2.39. The Kier molecular flexibility index (Phi) is 3.64. The second-order valence-corrected chi connectivity index (χ2v) is 3.29. The highest BCUT2D eigenvalue weighted by Crippen LogP contribution is 1.97. The van der Waals surface area contributed by atoms with Crippen LogP contribution in [-0.4, -0.2) is 28.6 Å². The van der Waals surface area contributed by atoms with Crippen molar-refractivity contribution in [2.75, 3.05) is 13.6 Å². The molecule has 3 nitrogen and oxygen atoms in total. The fourth-order valence-electron chi connectivity index (χ4n) is 0.953. The molecule has 0 bridgehead atoms. The van der Waals surface area contributed by atoms with Gasteiger partial charge in [-0.1, -0.05) is 6.07 Å². The van der Waals surface area contributed by atoms with Crippen LogP contribution in [0.1, 0.15) is 5.56 Å². The summed E-state index contributed by atoms with van der Waals surface area (Å²) in [6.07, 6.45) is 4.54. The van der Waals surface area contributed by atoms with Crippen molar-refractivity contribution in [1.82, 2.24) is 9.88 Å². The van der Waals surface area contributed by atoms with Crippen molar-refractivity contribution in [3.8, 4) is 0 Å². The van der Waals surface area contributed by atoms with Gasteiger partial charge in [0.1, 0.15) is 0 Å². The molecule has 0 aromatic carbocycles. The number of aromatic nitrogens is 1. The Morgan fingerprint density at radius 2 is 2.46 bits per heavy atom. The standard InChI is InChI=1S/C9H13N3S/c1-12(9(10)13)6-4-8-3-2-5-11-7-8/h2-3,5,7H,4,6H2,1H3,(H2,10,13). The molecule has 0 fully saturated rings. The fourth-order valence-corrected chi connectivity index (χ4v) is 1.04. The first-order valence-electron chi connectivity index (χ1n) is 4.09. The SMILES string of the molecule is CN(CCc1cccnc1)C(N)=S. The van der Waals surface area contributed by atoms with Gasteiger partial charge in [0.25, 0.3) is 0 Å². The Morgan fingerprint density at radius 3 is 3.00 bits per heavy atom. The van der Waals surface area contributed by atoms with Crippen LogP contribution in [0.2, 0.25) is 0 Å². The Bertz CT molecular complexity index is 273. The van der Waals surface area contributed by atoms with Crippen LogP contribution in [0.4, 0.5) is 0 Å². The number of rotatable bonds is 3. The molecule has 0 aliphatic carbocycles. The minimum atomic E-state index is 0.434. The Labute approximate surface area is 83.6 Å². The van der Waals surface area contributed by atoms with Crippen molar-refractivity contribution >= 4 is 17.3 Å². The van der Waals surface area contributed by atoms with E-state index >= 15 is 0 Å². The summed E-state index contributed by atoms with van der Waals surface area (Å²) in [6.45, 7) is 0.834. The molecule has 1 aromatic rings. The lowest BCUT2D eigenvalue weighted by Gasteiger charge is -2.15. The molecule has 4 heteroatoms. The lowest BCUT2D eigenvalue weighted by molar-refractivity contribution is 0.511. The summed E-state index contributed by atoms with van der Waals surface area (Å²) >= 11 is 4.82. The van der Waals surface area contributed by atoms with Crippen molar-refractivity contribution in [2.45, 2.75) is 6.42 Å². The van der Waals surface area contributed by atoms with E-state index in [1.54, 1.807) is 6.20 Å². The summed E-state index contributed by atoms with van der Waals surface area (Å²) in [5.74, 6) is 0. The maximum atomic E-state index is 5.44. The van der Waals surface area contributed by atoms with Crippen LogP contribution in [0, 0.1) is 0 Å². The van der Waals surface area contributed by atoms with Crippen LogP contribution in [0.3, 0.4) is 0 Å². The van der Waals surface area contributed by atoms with Crippen molar-refractivity contribution in [1.29, 1.82) is 0 Å². The van der Waals surface area contributed by atoms with Gasteiger partial charge in [-0.3, -0.25) is 4.98 Å². The minimum absolute atomic E-state index is 0.434. The largest absolute Gasteiger partial charge is 0.376 e. The van der Waals surface area contributed by atoms with E-state index in [1.807, 2.05) is 30.3 Å². The summed E-state index contributed by atoms with van der Waals surface area (Å²) in [6, 6.07) is 3.97. The molecule has 0 aliphatic rings. The first-order chi connectivity index (χ1) is 6.20. The number of nitrogens with zero attached hydrogens (tertiary/aromatic N) is 2. The molecular weight excluding hydrogens is 182 g/mol. The second-order valence-electron chi connectivity index (χ2n) is 2.87.